The van der Waals surface area contributed by atoms with E-state index in [1.54, 1.807) is 6.07 Å². The van der Waals surface area contributed by atoms with Gasteiger partial charge in [-0.05, 0) is 66.7 Å². The Balaban J connectivity index is 1.79. The first kappa shape index (κ1) is 15.3. The van der Waals surface area contributed by atoms with Gasteiger partial charge in [0.05, 0.1) is 5.02 Å². The number of carbonyl (C=O) groups is 1. The fourth-order valence-electron chi connectivity index (χ4n) is 3.64. The van der Waals surface area contributed by atoms with Crippen LogP contribution in [0.2, 0.25) is 5.02 Å². The van der Waals surface area contributed by atoms with Crippen LogP contribution >= 0.6 is 27.5 Å². The fourth-order valence-corrected chi connectivity index (χ4v) is 4.07. The minimum Gasteiger partial charge on any atom is -0.336 e. The Labute approximate surface area is 139 Å². The molecule has 1 amide bonds. The average molecular weight is 372 g/mol. The van der Waals surface area contributed by atoms with Gasteiger partial charge in [0.2, 0.25) is 0 Å². The van der Waals surface area contributed by atoms with Gasteiger partial charge in [0.15, 0.2) is 0 Å². The van der Waals surface area contributed by atoms with Gasteiger partial charge >= 0.3 is 0 Å². The molecule has 21 heavy (non-hydrogen) atoms. The van der Waals surface area contributed by atoms with Gasteiger partial charge in [-0.15, -0.1) is 0 Å². The van der Waals surface area contributed by atoms with Gasteiger partial charge in [0.25, 0.3) is 5.91 Å². The van der Waals surface area contributed by atoms with Crippen molar-refractivity contribution in [1.82, 2.24) is 10.2 Å². The largest absolute Gasteiger partial charge is 0.336 e. The molecule has 1 N–H and O–H groups in total. The van der Waals surface area contributed by atoms with Crippen molar-refractivity contribution < 1.29 is 4.79 Å². The van der Waals surface area contributed by atoms with E-state index < -0.39 is 0 Å². The highest BCUT2D eigenvalue weighted by atomic mass is 79.9. The molecule has 0 saturated carbocycles. The topological polar surface area (TPSA) is 32.3 Å². The summed E-state index contributed by atoms with van der Waals surface area (Å²) < 4.78 is 0.823. The predicted octanol–water partition coefficient (Wildman–Crippen LogP) is 3.85. The lowest BCUT2D eigenvalue weighted by atomic mass is 9.97. The number of amides is 1. The van der Waals surface area contributed by atoms with E-state index in [4.69, 9.17) is 11.6 Å². The number of hydrogen-bond donors (Lipinski definition) is 1. The van der Waals surface area contributed by atoms with E-state index in [9.17, 15) is 4.79 Å². The van der Waals surface area contributed by atoms with Crippen molar-refractivity contribution in [1.29, 1.82) is 0 Å². The number of piperidine rings is 1. The van der Waals surface area contributed by atoms with Gasteiger partial charge < -0.3 is 10.2 Å². The van der Waals surface area contributed by atoms with E-state index in [1.807, 2.05) is 17.0 Å². The zero-order chi connectivity index (χ0) is 15.0. The van der Waals surface area contributed by atoms with Gasteiger partial charge in [-0.1, -0.05) is 11.6 Å². The molecular weight excluding hydrogens is 352 g/mol. The third-order valence-electron chi connectivity index (χ3n) is 4.66. The summed E-state index contributed by atoms with van der Waals surface area (Å²) in [6, 6.07) is 6.97. The second kappa shape index (κ2) is 6.27. The van der Waals surface area contributed by atoms with Crippen LogP contribution in [0.15, 0.2) is 22.7 Å². The summed E-state index contributed by atoms with van der Waals surface area (Å²) in [5.41, 5.74) is 0.677. The van der Waals surface area contributed by atoms with Crippen LogP contribution in [0.4, 0.5) is 0 Å². The third-order valence-corrected chi connectivity index (χ3v) is 5.89. The number of rotatable bonds is 3. The van der Waals surface area contributed by atoms with Crippen molar-refractivity contribution in [3.05, 3.63) is 33.3 Å². The van der Waals surface area contributed by atoms with Gasteiger partial charge in [-0.3, -0.25) is 4.79 Å². The number of carbonyl (C=O) groups excluding carboxylic acids is 1. The minimum atomic E-state index is 0.0956. The molecule has 2 aliphatic rings. The summed E-state index contributed by atoms with van der Waals surface area (Å²) in [5.74, 6) is 0.0956. The molecule has 2 heterocycles. The summed E-state index contributed by atoms with van der Waals surface area (Å²) in [4.78, 5) is 14.8. The van der Waals surface area contributed by atoms with Crippen molar-refractivity contribution in [2.75, 3.05) is 6.54 Å². The number of nitrogens with one attached hydrogen (secondary N) is 1. The lowest BCUT2D eigenvalue weighted by Gasteiger charge is -2.37. The number of fused-ring (bicyclic) bond motifs is 2. The molecular formula is C16H20BrClN2O. The molecule has 2 bridgehead atoms. The Morgan fingerprint density at radius 1 is 1.38 bits per heavy atom. The second-order valence-electron chi connectivity index (χ2n) is 5.98. The van der Waals surface area contributed by atoms with Crippen molar-refractivity contribution in [3.63, 3.8) is 0 Å². The molecule has 0 spiro atoms. The van der Waals surface area contributed by atoms with Gasteiger partial charge in [0, 0.05) is 34.7 Å². The number of halogens is 2. The smallest absolute Gasteiger partial charge is 0.254 e. The Kier molecular flexibility index (Phi) is 4.57. The molecule has 3 rings (SSSR count). The lowest BCUT2D eigenvalue weighted by molar-refractivity contribution is 0.0631. The van der Waals surface area contributed by atoms with Crippen molar-refractivity contribution in [2.45, 2.75) is 50.7 Å². The van der Waals surface area contributed by atoms with Crippen LogP contribution in [0.25, 0.3) is 0 Å². The van der Waals surface area contributed by atoms with E-state index in [0.717, 1.165) is 23.9 Å². The summed E-state index contributed by atoms with van der Waals surface area (Å²) >= 11 is 9.49. The Hall–Kier alpha value is -0.580. The van der Waals surface area contributed by atoms with Crippen LogP contribution in [-0.4, -0.2) is 35.5 Å². The minimum absolute atomic E-state index is 0.0956. The van der Waals surface area contributed by atoms with E-state index in [0.29, 0.717) is 28.7 Å². The highest BCUT2D eigenvalue weighted by Crippen LogP contribution is 2.31. The van der Waals surface area contributed by atoms with Gasteiger partial charge in [-0.25, -0.2) is 0 Å². The standard InChI is InChI=1S/C16H20BrClN2O/c1-2-20(13-8-11-4-5-12(9-13)19-11)16(21)10-3-6-14(17)15(18)7-10/h3,6-7,11-13,19H,2,4-5,8-9H2,1H3. The number of nitrogens with zero attached hydrogens (tertiary/aromatic N) is 1. The summed E-state index contributed by atoms with van der Waals surface area (Å²) in [6.07, 6.45) is 4.63. The summed E-state index contributed by atoms with van der Waals surface area (Å²) in [5, 5.41) is 4.21. The number of benzene rings is 1. The molecule has 2 saturated heterocycles. The monoisotopic (exact) mass is 370 g/mol. The molecule has 5 heteroatoms. The molecule has 2 unspecified atom stereocenters. The number of hydrogen-bond acceptors (Lipinski definition) is 2. The van der Waals surface area contributed by atoms with Gasteiger partial charge in [-0.2, -0.15) is 0 Å². The van der Waals surface area contributed by atoms with Crippen LogP contribution in [0.1, 0.15) is 43.0 Å². The third kappa shape index (κ3) is 3.13. The summed E-state index contributed by atoms with van der Waals surface area (Å²) in [6.45, 7) is 2.80. The van der Waals surface area contributed by atoms with Crippen molar-refractivity contribution in [3.8, 4) is 0 Å². The average Bonchev–Trinajstić information content (AvgIpc) is 2.81. The molecule has 0 radical (unpaired) electrons. The van der Waals surface area contributed by atoms with Crippen LogP contribution in [-0.2, 0) is 0 Å². The highest BCUT2D eigenvalue weighted by Gasteiger charge is 2.37. The molecule has 2 aliphatic heterocycles. The molecule has 114 valence electrons. The van der Waals surface area contributed by atoms with Crippen LogP contribution in [0, 0.1) is 0 Å². The normalized spacial score (nSPS) is 27.7. The molecule has 1 aromatic rings. The highest BCUT2D eigenvalue weighted by molar-refractivity contribution is 9.10. The molecule has 2 atom stereocenters. The zero-order valence-corrected chi connectivity index (χ0v) is 14.5. The molecule has 1 aromatic carbocycles. The molecule has 2 fully saturated rings. The maximum atomic E-state index is 12.8. The van der Waals surface area contributed by atoms with Gasteiger partial charge in [0.1, 0.15) is 0 Å². The first-order valence-electron chi connectivity index (χ1n) is 7.60. The molecule has 0 aromatic heterocycles. The Morgan fingerprint density at radius 2 is 2.05 bits per heavy atom. The first-order valence-corrected chi connectivity index (χ1v) is 8.77. The van der Waals surface area contributed by atoms with E-state index in [2.05, 4.69) is 28.2 Å². The first-order chi connectivity index (χ1) is 10.1. The van der Waals surface area contributed by atoms with Crippen LogP contribution in [0.5, 0.6) is 0 Å². The van der Waals surface area contributed by atoms with E-state index in [-0.39, 0.29) is 5.91 Å². The quantitative estimate of drug-likeness (QED) is 0.875. The summed E-state index contributed by atoms with van der Waals surface area (Å²) in [7, 11) is 0. The van der Waals surface area contributed by atoms with E-state index in [1.165, 1.54) is 12.8 Å². The fraction of sp³-hybridized carbons (Fsp3) is 0.562. The lowest BCUT2D eigenvalue weighted by Crippen LogP contribution is -2.50. The van der Waals surface area contributed by atoms with Crippen molar-refractivity contribution >= 4 is 33.4 Å². The molecule has 0 aliphatic carbocycles. The SMILES string of the molecule is CCN(C(=O)c1ccc(Br)c(Cl)c1)C1CC2CCC(C1)N2. The Bertz CT molecular complexity index is 539. The Morgan fingerprint density at radius 3 is 2.62 bits per heavy atom. The maximum Gasteiger partial charge on any atom is 0.254 e. The zero-order valence-electron chi connectivity index (χ0n) is 12.1. The van der Waals surface area contributed by atoms with Crippen LogP contribution < -0.4 is 5.32 Å². The van der Waals surface area contributed by atoms with Crippen LogP contribution in [0.3, 0.4) is 0 Å². The van der Waals surface area contributed by atoms with Crippen molar-refractivity contribution in [2.24, 2.45) is 0 Å². The molecule has 3 nitrogen and oxygen atoms in total. The predicted molar refractivity (Wildman–Crippen MR) is 88.8 cm³/mol. The second-order valence-corrected chi connectivity index (χ2v) is 7.24. The van der Waals surface area contributed by atoms with E-state index >= 15 is 0 Å². The maximum absolute atomic E-state index is 12.8.